The van der Waals surface area contributed by atoms with Crippen molar-refractivity contribution >= 4 is 11.6 Å². The third-order valence-electron chi connectivity index (χ3n) is 3.27. The standard InChI is InChI=1S/C12H16ClNO2/c1-15-9-5-4-8(10(13)11(9)16-2)12(14)6-3-7-12/h4-5H,3,6-7,14H2,1-2H3. The van der Waals surface area contributed by atoms with Crippen LogP contribution in [0.4, 0.5) is 0 Å². The average Bonchev–Trinajstić information content (AvgIpc) is 2.25. The molecule has 1 fully saturated rings. The van der Waals surface area contributed by atoms with Crippen LogP contribution in [0.1, 0.15) is 24.8 Å². The van der Waals surface area contributed by atoms with Gasteiger partial charge in [0.1, 0.15) is 0 Å². The molecule has 0 bridgehead atoms. The zero-order chi connectivity index (χ0) is 11.8. The summed E-state index contributed by atoms with van der Waals surface area (Å²) in [7, 11) is 3.17. The van der Waals surface area contributed by atoms with Crippen LogP contribution in [0.3, 0.4) is 0 Å². The molecule has 1 saturated carbocycles. The fourth-order valence-electron chi connectivity index (χ4n) is 2.10. The second-order valence-corrected chi connectivity index (χ2v) is 4.55. The summed E-state index contributed by atoms with van der Waals surface area (Å²) in [4.78, 5) is 0. The molecule has 0 saturated heterocycles. The van der Waals surface area contributed by atoms with Crippen LogP contribution in [-0.2, 0) is 5.54 Å². The van der Waals surface area contributed by atoms with Crippen molar-refractivity contribution in [1.82, 2.24) is 0 Å². The minimum atomic E-state index is -0.281. The maximum Gasteiger partial charge on any atom is 0.179 e. The van der Waals surface area contributed by atoms with Crippen molar-refractivity contribution in [3.8, 4) is 11.5 Å². The molecule has 2 N–H and O–H groups in total. The maximum absolute atomic E-state index is 6.31. The van der Waals surface area contributed by atoms with E-state index in [1.165, 1.54) is 0 Å². The first-order valence-corrected chi connectivity index (χ1v) is 5.70. The lowest BCUT2D eigenvalue weighted by Crippen LogP contribution is -2.43. The minimum absolute atomic E-state index is 0.281. The van der Waals surface area contributed by atoms with Gasteiger partial charge < -0.3 is 15.2 Å². The third-order valence-corrected chi connectivity index (χ3v) is 3.64. The number of halogens is 1. The van der Waals surface area contributed by atoms with Gasteiger partial charge in [0, 0.05) is 5.54 Å². The highest BCUT2D eigenvalue weighted by Gasteiger charge is 2.37. The number of nitrogens with two attached hydrogens (primary N) is 1. The molecule has 0 spiro atoms. The molecule has 1 aliphatic carbocycles. The highest BCUT2D eigenvalue weighted by Crippen LogP contribution is 2.47. The van der Waals surface area contributed by atoms with E-state index in [0.29, 0.717) is 16.5 Å². The van der Waals surface area contributed by atoms with E-state index in [4.69, 9.17) is 26.8 Å². The number of ether oxygens (including phenoxy) is 2. The molecule has 3 nitrogen and oxygen atoms in total. The molecule has 0 heterocycles. The number of hydrogen-bond acceptors (Lipinski definition) is 3. The fourth-order valence-corrected chi connectivity index (χ4v) is 2.52. The van der Waals surface area contributed by atoms with E-state index in [0.717, 1.165) is 24.8 Å². The van der Waals surface area contributed by atoms with Gasteiger partial charge in [0.25, 0.3) is 0 Å². The summed E-state index contributed by atoms with van der Waals surface area (Å²) in [6.07, 6.45) is 3.10. The monoisotopic (exact) mass is 241 g/mol. The van der Waals surface area contributed by atoms with Crippen molar-refractivity contribution in [3.05, 3.63) is 22.7 Å². The molecule has 1 aliphatic rings. The first-order chi connectivity index (χ1) is 7.62. The third kappa shape index (κ3) is 1.64. The average molecular weight is 242 g/mol. The zero-order valence-electron chi connectivity index (χ0n) is 9.55. The van der Waals surface area contributed by atoms with E-state index in [1.54, 1.807) is 14.2 Å². The van der Waals surface area contributed by atoms with E-state index in [-0.39, 0.29) is 5.54 Å². The Hall–Kier alpha value is -0.930. The van der Waals surface area contributed by atoms with Crippen molar-refractivity contribution in [2.45, 2.75) is 24.8 Å². The topological polar surface area (TPSA) is 44.5 Å². The molecule has 0 unspecified atom stereocenters. The van der Waals surface area contributed by atoms with Crippen molar-refractivity contribution in [2.75, 3.05) is 14.2 Å². The predicted octanol–water partition coefficient (Wildman–Crippen LogP) is 2.70. The van der Waals surface area contributed by atoms with Gasteiger partial charge in [0.15, 0.2) is 11.5 Å². The van der Waals surface area contributed by atoms with Gasteiger partial charge in [0.05, 0.1) is 19.2 Å². The molecule has 1 aromatic rings. The van der Waals surface area contributed by atoms with Gasteiger partial charge in [0.2, 0.25) is 0 Å². The Labute approximate surface area is 100 Å². The largest absolute Gasteiger partial charge is 0.493 e. The zero-order valence-corrected chi connectivity index (χ0v) is 10.3. The smallest absolute Gasteiger partial charge is 0.179 e. The molecule has 16 heavy (non-hydrogen) atoms. The summed E-state index contributed by atoms with van der Waals surface area (Å²) in [5, 5.41) is 0.573. The lowest BCUT2D eigenvalue weighted by molar-refractivity contribution is 0.252. The van der Waals surface area contributed by atoms with Crippen LogP contribution in [0.5, 0.6) is 11.5 Å². The molecule has 0 atom stereocenters. The molecule has 0 aliphatic heterocycles. The molecule has 2 rings (SSSR count). The first-order valence-electron chi connectivity index (χ1n) is 5.32. The number of benzene rings is 1. The quantitative estimate of drug-likeness (QED) is 0.885. The highest BCUT2D eigenvalue weighted by molar-refractivity contribution is 6.33. The van der Waals surface area contributed by atoms with E-state index < -0.39 is 0 Å². The molecule has 0 radical (unpaired) electrons. The summed E-state index contributed by atoms with van der Waals surface area (Å²) < 4.78 is 10.4. The Kier molecular flexibility index (Phi) is 3.00. The Balaban J connectivity index is 2.48. The number of rotatable bonds is 3. The Morgan fingerprint density at radius 3 is 2.38 bits per heavy atom. The van der Waals surface area contributed by atoms with Crippen molar-refractivity contribution in [3.63, 3.8) is 0 Å². The van der Waals surface area contributed by atoms with E-state index in [2.05, 4.69) is 0 Å². The fraction of sp³-hybridized carbons (Fsp3) is 0.500. The molecule has 4 heteroatoms. The van der Waals surface area contributed by atoms with E-state index in [1.807, 2.05) is 12.1 Å². The summed E-state index contributed by atoms with van der Waals surface area (Å²) in [6.45, 7) is 0. The van der Waals surface area contributed by atoms with E-state index >= 15 is 0 Å². The summed E-state index contributed by atoms with van der Waals surface area (Å²) in [5.41, 5.74) is 6.93. The second-order valence-electron chi connectivity index (χ2n) is 4.17. The SMILES string of the molecule is COc1ccc(C2(N)CCC2)c(Cl)c1OC. The van der Waals surface area contributed by atoms with Crippen LogP contribution >= 0.6 is 11.6 Å². The van der Waals surface area contributed by atoms with Crippen LogP contribution < -0.4 is 15.2 Å². The molecule has 88 valence electrons. The maximum atomic E-state index is 6.31. The van der Waals surface area contributed by atoms with Gasteiger partial charge in [-0.1, -0.05) is 17.7 Å². The Morgan fingerprint density at radius 2 is 1.94 bits per heavy atom. The van der Waals surface area contributed by atoms with Crippen LogP contribution in [-0.4, -0.2) is 14.2 Å². The lowest BCUT2D eigenvalue weighted by Gasteiger charge is -2.39. The number of methoxy groups -OCH3 is 2. The van der Waals surface area contributed by atoms with E-state index in [9.17, 15) is 0 Å². The Morgan fingerprint density at radius 1 is 1.25 bits per heavy atom. The first kappa shape index (κ1) is 11.6. The van der Waals surface area contributed by atoms with Crippen molar-refractivity contribution < 1.29 is 9.47 Å². The van der Waals surface area contributed by atoms with Crippen LogP contribution in [0.15, 0.2) is 12.1 Å². The normalized spacial score (nSPS) is 17.8. The molecule has 0 amide bonds. The van der Waals surface area contributed by atoms with Gasteiger partial charge in [-0.15, -0.1) is 0 Å². The summed E-state index contributed by atoms with van der Waals surface area (Å²) in [6, 6.07) is 3.79. The van der Waals surface area contributed by atoms with Gasteiger partial charge in [-0.3, -0.25) is 0 Å². The number of hydrogen-bond donors (Lipinski definition) is 1. The molecule has 0 aromatic heterocycles. The summed E-state index contributed by atoms with van der Waals surface area (Å²) in [5.74, 6) is 1.21. The molecule has 1 aromatic carbocycles. The highest BCUT2D eigenvalue weighted by atomic mass is 35.5. The molecular formula is C12H16ClNO2. The Bertz CT molecular complexity index is 402. The minimum Gasteiger partial charge on any atom is -0.493 e. The van der Waals surface area contributed by atoms with Crippen LogP contribution in [0.2, 0.25) is 5.02 Å². The van der Waals surface area contributed by atoms with Gasteiger partial charge in [-0.05, 0) is 30.9 Å². The predicted molar refractivity (Wildman–Crippen MR) is 64.3 cm³/mol. The molecular weight excluding hydrogens is 226 g/mol. The van der Waals surface area contributed by atoms with Gasteiger partial charge in [-0.25, -0.2) is 0 Å². The van der Waals surface area contributed by atoms with Crippen molar-refractivity contribution in [1.29, 1.82) is 0 Å². The van der Waals surface area contributed by atoms with Gasteiger partial charge >= 0.3 is 0 Å². The van der Waals surface area contributed by atoms with Crippen LogP contribution in [0.25, 0.3) is 0 Å². The van der Waals surface area contributed by atoms with Crippen molar-refractivity contribution in [2.24, 2.45) is 5.73 Å². The second kappa shape index (κ2) is 4.15. The summed E-state index contributed by atoms with van der Waals surface area (Å²) >= 11 is 6.31. The lowest BCUT2D eigenvalue weighted by atomic mass is 9.72. The van der Waals surface area contributed by atoms with Gasteiger partial charge in [-0.2, -0.15) is 0 Å². The van der Waals surface area contributed by atoms with Crippen LogP contribution in [0, 0.1) is 0 Å².